The van der Waals surface area contributed by atoms with E-state index in [9.17, 15) is 8.42 Å². The van der Waals surface area contributed by atoms with Gasteiger partial charge in [0.15, 0.2) is 9.84 Å². The zero-order valence-corrected chi connectivity index (χ0v) is 11.7. The summed E-state index contributed by atoms with van der Waals surface area (Å²) in [6.45, 7) is 1.85. The highest BCUT2D eigenvalue weighted by molar-refractivity contribution is 7.89. The zero-order chi connectivity index (χ0) is 13.9. The van der Waals surface area contributed by atoms with Crippen molar-refractivity contribution in [3.63, 3.8) is 0 Å². The fraction of sp³-hybridized carbons (Fsp3) is 0.200. The lowest BCUT2D eigenvalue weighted by molar-refractivity contribution is 0.594. The second kappa shape index (κ2) is 5.45. The van der Waals surface area contributed by atoms with Gasteiger partial charge >= 0.3 is 0 Å². The second-order valence-electron chi connectivity index (χ2n) is 4.65. The molecule has 0 saturated heterocycles. The normalized spacial score (nSPS) is 11.4. The van der Waals surface area contributed by atoms with Gasteiger partial charge in [0.25, 0.3) is 0 Å². The average molecular weight is 275 g/mol. The third-order valence-electron chi connectivity index (χ3n) is 3.09. The topological polar surface area (TPSA) is 60.2 Å². The molecule has 19 heavy (non-hydrogen) atoms. The lowest BCUT2D eigenvalue weighted by Gasteiger charge is -2.09. The summed E-state index contributed by atoms with van der Waals surface area (Å²) in [5, 5.41) is 0. The molecule has 4 heteroatoms. The van der Waals surface area contributed by atoms with E-state index in [0.717, 1.165) is 16.7 Å². The maximum Gasteiger partial charge on any atom is 0.158 e. The Labute approximate surface area is 114 Å². The van der Waals surface area contributed by atoms with Crippen LogP contribution in [0.3, 0.4) is 0 Å². The van der Waals surface area contributed by atoms with Crippen molar-refractivity contribution < 1.29 is 8.42 Å². The molecule has 0 atom stereocenters. The van der Waals surface area contributed by atoms with Crippen molar-refractivity contribution in [2.75, 3.05) is 5.73 Å². The summed E-state index contributed by atoms with van der Waals surface area (Å²) in [7, 11) is -3.18. The molecule has 0 radical (unpaired) electrons. The van der Waals surface area contributed by atoms with Crippen LogP contribution in [0.2, 0.25) is 0 Å². The Morgan fingerprint density at radius 2 is 1.63 bits per heavy atom. The second-order valence-corrected chi connectivity index (χ2v) is 6.71. The number of benzene rings is 2. The molecule has 0 saturated carbocycles. The molecule has 0 aromatic heterocycles. The van der Waals surface area contributed by atoms with Gasteiger partial charge < -0.3 is 5.73 Å². The molecule has 0 aliphatic carbocycles. The molecule has 2 aromatic carbocycles. The smallest absolute Gasteiger partial charge is 0.158 e. The monoisotopic (exact) mass is 275 g/mol. The summed E-state index contributed by atoms with van der Waals surface area (Å²) in [4.78, 5) is 0. The number of rotatable bonds is 4. The summed E-state index contributed by atoms with van der Waals surface area (Å²) < 4.78 is 24.4. The van der Waals surface area contributed by atoms with Crippen LogP contribution in [0, 0.1) is 6.92 Å². The number of nitrogens with two attached hydrogens (primary N) is 1. The Hall–Kier alpha value is -1.81. The number of sulfone groups is 1. The van der Waals surface area contributed by atoms with Gasteiger partial charge in [-0.1, -0.05) is 42.5 Å². The molecule has 3 nitrogen and oxygen atoms in total. The van der Waals surface area contributed by atoms with Gasteiger partial charge in [0.2, 0.25) is 0 Å². The average Bonchev–Trinajstić information content (AvgIpc) is 2.35. The first kappa shape index (κ1) is 13.6. The van der Waals surface area contributed by atoms with Crippen LogP contribution in [0.25, 0.3) is 0 Å². The molecule has 0 spiro atoms. The summed E-state index contributed by atoms with van der Waals surface area (Å²) in [6, 6.07) is 14.6. The van der Waals surface area contributed by atoms with Gasteiger partial charge in [-0.3, -0.25) is 0 Å². The van der Waals surface area contributed by atoms with Crippen molar-refractivity contribution in [1.82, 2.24) is 0 Å². The third kappa shape index (κ3) is 3.58. The van der Waals surface area contributed by atoms with Crippen molar-refractivity contribution >= 4 is 15.5 Å². The van der Waals surface area contributed by atoms with E-state index in [-0.39, 0.29) is 11.5 Å². The van der Waals surface area contributed by atoms with E-state index < -0.39 is 9.84 Å². The van der Waals surface area contributed by atoms with Crippen LogP contribution in [-0.2, 0) is 21.3 Å². The molecule has 0 fully saturated rings. The molecular formula is C15H17NO2S. The molecule has 0 unspecified atom stereocenters. The molecule has 2 rings (SSSR count). The Morgan fingerprint density at radius 1 is 0.947 bits per heavy atom. The van der Waals surface area contributed by atoms with Gasteiger partial charge in [-0.2, -0.15) is 0 Å². The Balaban J connectivity index is 2.20. The van der Waals surface area contributed by atoms with Crippen LogP contribution in [0.1, 0.15) is 16.7 Å². The van der Waals surface area contributed by atoms with Crippen LogP contribution < -0.4 is 5.73 Å². The molecule has 2 N–H and O–H groups in total. The Morgan fingerprint density at radius 3 is 2.32 bits per heavy atom. The van der Waals surface area contributed by atoms with Crippen LogP contribution in [0.4, 0.5) is 5.69 Å². The maximum atomic E-state index is 12.2. The fourth-order valence-corrected chi connectivity index (χ4v) is 3.56. The van der Waals surface area contributed by atoms with E-state index in [1.54, 1.807) is 12.1 Å². The zero-order valence-electron chi connectivity index (χ0n) is 10.8. The predicted octanol–water partition coefficient (Wildman–Crippen LogP) is 2.69. The molecule has 2 aromatic rings. The van der Waals surface area contributed by atoms with Crippen molar-refractivity contribution in [1.29, 1.82) is 0 Å². The third-order valence-corrected chi connectivity index (χ3v) is 4.62. The van der Waals surface area contributed by atoms with Crippen LogP contribution in [0.15, 0.2) is 48.5 Å². The van der Waals surface area contributed by atoms with Crippen molar-refractivity contribution in [2.24, 2.45) is 0 Å². The van der Waals surface area contributed by atoms with Gasteiger partial charge in [0.1, 0.15) is 0 Å². The SMILES string of the molecule is Cc1c(N)cccc1CS(=O)(=O)Cc1ccccc1. The van der Waals surface area contributed by atoms with Crippen LogP contribution in [0.5, 0.6) is 0 Å². The minimum atomic E-state index is -3.18. The summed E-state index contributed by atoms with van der Waals surface area (Å²) in [5.74, 6) is 0.0842. The Kier molecular flexibility index (Phi) is 3.90. The van der Waals surface area contributed by atoms with Gasteiger partial charge in [-0.15, -0.1) is 0 Å². The molecular weight excluding hydrogens is 258 g/mol. The molecule has 0 aliphatic heterocycles. The lowest BCUT2D eigenvalue weighted by atomic mass is 10.1. The van der Waals surface area contributed by atoms with Crippen LogP contribution in [-0.4, -0.2) is 8.42 Å². The highest BCUT2D eigenvalue weighted by Crippen LogP contribution is 2.19. The summed E-state index contributed by atoms with van der Waals surface area (Å²) in [5.41, 5.74) is 8.86. The van der Waals surface area contributed by atoms with Crippen molar-refractivity contribution in [3.8, 4) is 0 Å². The molecule has 0 heterocycles. The Bertz CT molecular complexity index is 664. The predicted molar refractivity (Wildman–Crippen MR) is 78.4 cm³/mol. The van der Waals surface area contributed by atoms with E-state index in [4.69, 9.17) is 5.73 Å². The van der Waals surface area contributed by atoms with E-state index in [0.29, 0.717) is 5.69 Å². The lowest BCUT2D eigenvalue weighted by Crippen LogP contribution is -2.09. The first-order valence-electron chi connectivity index (χ1n) is 6.06. The fourth-order valence-electron chi connectivity index (χ4n) is 1.98. The number of nitrogen functional groups attached to an aromatic ring is 1. The molecule has 0 aliphatic rings. The number of hydrogen-bond donors (Lipinski definition) is 1. The quantitative estimate of drug-likeness (QED) is 0.873. The van der Waals surface area contributed by atoms with Gasteiger partial charge in [-0.25, -0.2) is 8.42 Å². The van der Waals surface area contributed by atoms with E-state index in [2.05, 4.69) is 0 Å². The number of hydrogen-bond acceptors (Lipinski definition) is 3. The molecule has 0 bridgehead atoms. The van der Waals surface area contributed by atoms with Crippen LogP contribution >= 0.6 is 0 Å². The van der Waals surface area contributed by atoms with Gasteiger partial charge in [0.05, 0.1) is 11.5 Å². The highest BCUT2D eigenvalue weighted by atomic mass is 32.2. The van der Waals surface area contributed by atoms with Crippen molar-refractivity contribution in [2.45, 2.75) is 18.4 Å². The highest BCUT2D eigenvalue weighted by Gasteiger charge is 2.15. The maximum absolute atomic E-state index is 12.2. The van der Waals surface area contributed by atoms with E-state index in [1.807, 2.05) is 43.3 Å². The molecule has 0 amide bonds. The minimum absolute atomic E-state index is 0.0266. The van der Waals surface area contributed by atoms with Gasteiger partial charge in [-0.05, 0) is 29.7 Å². The summed E-state index contributed by atoms with van der Waals surface area (Å²) in [6.07, 6.45) is 0. The largest absolute Gasteiger partial charge is 0.399 e. The minimum Gasteiger partial charge on any atom is -0.399 e. The number of anilines is 1. The van der Waals surface area contributed by atoms with E-state index >= 15 is 0 Å². The summed E-state index contributed by atoms with van der Waals surface area (Å²) >= 11 is 0. The standard InChI is InChI=1S/C15H17NO2S/c1-12-14(8-5-9-15(12)16)11-19(17,18)10-13-6-3-2-4-7-13/h2-9H,10-11,16H2,1H3. The van der Waals surface area contributed by atoms with Gasteiger partial charge in [0, 0.05) is 5.69 Å². The first-order chi connectivity index (χ1) is 8.98. The first-order valence-corrected chi connectivity index (χ1v) is 7.88. The van der Waals surface area contributed by atoms with E-state index in [1.165, 1.54) is 0 Å². The van der Waals surface area contributed by atoms with Crippen molar-refractivity contribution in [3.05, 3.63) is 65.2 Å². The molecule has 100 valence electrons.